The van der Waals surface area contributed by atoms with Crippen LogP contribution in [0, 0.1) is 5.92 Å². The van der Waals surface area contributed by atoms with Crippen LogP contribution >= 0.6 is 0 Å². The summed E-state index contributed by atoms with van der Waals surface area (Å²) in [6, 6.07) is 15.6. The molecule has 2 aromatic carbocycles. The smallest absolute Gasteiger partial charge is 0.308 e. The Morgan fingerprint density at radius 1 is 1.00 bits per heavy atom. The third-order valence-electron chi connectivity index (χ3n) is 4.94. The van der Waals surface area contributed by atoms with Crippen LogP contribution in [-0.4, -0.2) is 41.6 Å². The van der Waals surface area contributed by atoms with Gasteiger partial charge in [-0.3, -0.25) is 9.59 Å². The van der Waals surface area contributed by atoms with Gasteiger partial charge in [-0.1, -0.05) is 37.6 Å². The molecule has 1 amide bonds. The number of ether oxygens (including phenoxy) is 2. The molecule has 3 rings (SSSR count). The molecule has 1 aliphatic heterocycles. The molecule has 1 saturated heterocycles. The summed E-state index contributed by atoms with van der Waals surface area (Å²) in [6.07, 6.45) is 2.29. The van der Waals surface area contributed by atoms with Crippen LogP contribution in [0.15, 0.2) is 48.5 Å². The monoisotopic (exact) mass is 397 g/mol. The summed E-state index contributed by atoms with van der Waals surface area (Å²) in [4.78, 5) is 24.6. The Morgan fingerprint density at radius 3 is 2.03 bits per heavy atom. The molecule has 1 unspecified atom stereocenters. The minimum atomic E-state index is -0.913. The van der Waals surface area contributed by atoms with E-state index in [0.717, 1.165) is 29.9 Å². The molecule has 1 fully saturated rings. The molecule has 1 heterocycles. The number of likely N-dealkylation sites (tertiary alicyclic amines) is 1. The normalized spacial score (nSPS) is 16.1. The maximum absolute atomic E-state index is 11.9. The van der Waals surface area contributed by atoms with E-state index in [0.29, 0.717) is 19.8 Å². The Kier molecular flexibility index (Phi) is 7.11. The zero-order valence-electron chi connectivity index (χ0n) is 16.7. The van der Waals surface area contributed by atoms with Crippen molar-refractivity contribution in [2.75, 3.05) is 19.8 Å². The average molecular weight is 397 g/mol. The summed E-state index contributed by atoms with van der Waals surface area (Å²) in [5.41, 5.74) is 2.26. The van der Waals surface area contributed by atoms with E-state index in [4.69, 9.17) is 14.6 Å². The SMILES string of the molecule is CCCc1ccc(OCCOc2ccc(CN3CC(C(=O)O)CC3=O)cc2)cc1. The van der Waals surface area contributed by atoms with E-state index in [1.807, 2.05) is 36.4 Å². The predicted octanol–water partition coefficient (Wildman–Crippen LogP) is 3.53. The highest BCUT2D eigenvalue weighted by Crippen LogP contribution is 2.21. The van der Waals surface area contributed by atoms with Crippen molar-refractivity contribution in [2.45, 2.75) is 32.7 Å². The van der Waals surface area contributed by atoms with E-state index in [9.17, 15) is 9.59 Å². The van der Waals surface area contributed by atoms with E-state index >= 15 is 0 Å². The Bertz CT molecular complexity index is 816. The van der Waals surface area contributed by atoms with E-state index in [-0.39, 0.29) is 18.9 Å². The Morgan fingerprint density at radius 2 is 1.55 bits per heavy atom. The number of hydrogen-bond donors (Lipinski definition) is 1. The standard InChI is InChI=1S/C23H27NO5/c1-2-3-17-4-8-20(9-5-17)28-12-13-29-21-10-6-18(7-11-21)15-24-16-19(23(26)27)14-22(24)25/h4-11,19H,2-3,12-16H2,1H3,(H,26,27). The lowest BCUT2D eigenvalue weighted by atomic mass is 10.1. The molecule has 6 nitrogen and oxygen atoms in total. The Balaban J connectivity index is 1.40. The Hall–Kier alpha value is -3.02. The third kappa shape index (κ3) is 5.98. The van der Waals surface area contributed by atoms with E-state index in [1.165, 1.54) is 5.56 Å². The van der Waals surface area contributed by atoms with Crippen molar-refractivity contribution >= 4 is 11.9 Å². The van der Waals surface area contributed by atoms with Gasteiger partial charge in [0.1, 0.15) is 24.7 Å². The fourth-order valence-corrected chi connectivity index (χ4v) is 3.36. The molecule has 0 aliphatic carbocycles. The van der Waals surface area contributed by atoms with Gasteiger partial charge < -0.3 is 19.5 Å². The third-order valence-corrected chi connectivity index (χ3v) is 4.94. The van der Waals surface area contributed by atoms with Crippen molar-refractivity contribution in [3.63, 3.8) is 0 Å². The first-order valence-electron chi connectivity index (χ1n) is 9.99. The van der Waals surface area contributed by atoms with Gasteiger partial charge in [-0.15, -0.1) is 0 Å². The molecule has 1 atom stereocenters. The van der Waals surface area contributed by atoms with Crippen molar-refractivity contribution in [3.8, 4) is 11.5 Å². The minimum absolute atomic E-state index is 0.0812. The number of aryl methyl sites for hydroxylation is 1. The fraction of sp³-hybridized carbons (Fsp3) is 0.391. The highest BCUT2D eigenvalue weighted by atomic mass is 16.5. The van der Waals surface area contributed by atoms with Gasteiger partial charge in [-0.25, -0.2) is 0 Å². The van der Waals surface area contributed by atoms with Gasteiger partial charge in [0, 0.05) is 19.5 Å². The Labute approximate surface area is 171 Å². The highest BCUT2D eigenvalue weighted by Gasteiger charge is 2.33. The number of hydrogen-bond acceptors (Lipinski definition) is 4. The summed E-state index contributed by atoms with van der Waals surface area (Å²) in [5, 5.41) is 9.05. The fourth-order valence-electron chi connectivity index (χ4n) is 3.36. The molecular formula is C23H27NO5. The van der Waals surface area contributed by atoms with Gasteiger partial charge in [0.2, 0.25) is 5.91 Å². The van der Waals surface area contributed by atoms with Crippen LogP contribution < -0.4 is 9.47 Å². The van der Waals surface area contributed by atoms with Gasteiger partial charge in [-0.2, -0.15) is 0 Å². The molecule has 154 valence electrons. The lowest BCUT2D eigenvalue weighted by Gasteiger charge is -2.16. The quantitative estimate of drug-likeness (QED) is 0.621. The molecule has 1 aliphatic rings. The van der Waals surface area contributed by atoms with Gasteiger partial charge in [0.15, 0.2) is 0 Å². The van der Waals surface area contributed by atoms with Crippen molar-refractivity contribution < 1.29 is 24.2 Å². The molecule has 29 heavy (non-hydrogen) atoms. The number of aliphatic carboxylic acids is 1. The topological polar surface area (TPSA) is 76.1 Å². The second kappa shape index (κ2) is 9.96. The predicted molar refractivity (Wildman–Crippen MR) is 109 cm³/mol. The molecule has 0 saturated carbocycles. The molecule has 2 aromatic rings. The average Bonchev–Trinajstić information content (AvgIpc) is 3.09. The molecule has 6 heteroatoms. The summed E-state index contributed by atoms with van der Waals surface area (Å²) in [7, 11) is 0. The van der Waals surface area contributed by atoms with Crippen LogP contribution in [0.4, 0.5) is 0 Å². The first kappa shape index (κ1) is 20.7. The summed E-state index contributed by atoms with van der Waals surface area (Å²) in [6.45, 7) is 3.73. The van der Waals surface area contributed by atoms with Gasteiger partial charge in [-0.05, 0) is 41.8 Å². The number of amides is 1. The highest BCUT2D eigenvalue weighted by molar-refractivity contribution is 5.86. The molecule has 1 N–H and O–H groups in total. The molecular weight excluding hydrogens is 370 g/mol. The minimum Gasteiger partial charge on any atom is -0.490 e. The van der Waals surface area contributed by atoms with Crippen molar-refractivity contribution in [2.24, 2.45) is 5.92 Å². The van der Waals surface area contributed by atoms with Gasteiger partial charge in [0.25, 0.3) is 0 Å². The first-order valence-corrected chi connectivity index (χ1v) is 9.99. The van der Waals surface area contributed by atoms with Crippen LogP contribution in [0.3, 0.4) is 0 Å². The van der Waals surface area contributed by atoms with E-state index in [1.54, 1.807) is 4.90 Å². The maximum atomic E-state index is 11.9. The number of nitrogens with zero attached hydrogens (tertiary/aromatic N) is 1. The number of carboxylic acid groups (broad SMARTS) is 1. The van der Waals surface area contributed by atoms with Gasteiger partial charge in [0.05, 0.1) is 5.92 Å². The van der Waals surface area contributed by atoms with Crippen molar-refractivity contribution in [1.82, 2.24) is 4.90 Å². The number of carbonyl (C=O) groups excluding carboxylic acids is 1. The summed E-state index contributed by atoms with van der Waals surface area (Å²) < 4.78 is 11.4. The van der Waals surface area contributed by atoms with Gasteiger partial charge >= 0.3 is 5.97 Å². The number of benzene rings is 2. The van der Waals surface area contributed by atoms with Crippen LogP contribution in [0.2, 0.25) is 0 Å². The number of carbonyl (C=O) groups is 2. The summed E-state index contributed by atoms with van der Waals surface area (Å²) in [5.74, 6) is -0.0696. The van der Waals surface area contributed by atoms with Crippen molar-refractivity contribution in [1.29, 1.82) is 0 Å². The lowest BCUT2D eigenvalue weighted by Crippen LogP contribution is -2.25. The first-order chi connectivity index (χ1) is 14.0. The zero-order chi connectivity index (χ0) is 20.6. The largest absolute Gasteiger partial charge is 0.490 e. The molecule has 0 radical (unpaired) electrons. The maximum Gasteiger partial charge on any atom is 0.308 e. The van der Waals surface area contributed by atoms with Crippen molar-refractivity contribution in [3.05, 3.63) is 59.7 Å². The van der Waals surface area contributed by atoms with Crippen LogP contribution in [0.5, 0.6) is 11.5 Å². The second-order valence-corrected chi connectivity index (χ2v) is 7.25. The molecule has 0 aromatic heterocycles. The number of rotatable bonds is 10. The second-order valence-electron chi connectivity index (χ2n) is 7.25. The summed E-state index contributed by atoms with van der Waals surface area (Å²) >= 11 is 0. The van der Waals surface area contributed by atoms with E-state index in [2.05, 4.69) is 19.1 Å². The van der Waals surface area contributed by atoms with E-state index < -0.39 is 11.9 Å². The lowest BCUT2D eigenvalue weighted by molar-refractivity contribution is -0.141. The van der Waals surface area contributed by atoms with Crippen LogP contribution in [0.1, 0.15) is 30.9 Å². The van der Waals surface area contributed by atoms with Crippen LogP contribution in [0.25, 0.3) is 0 Å². The zero-order valence-corrected chi connectivity index (χ0v) is 16.7. The number of carboxylic acids is 1. The molecule has 0 bridgehead atoms. The molecule has 0 spiro atoms. The van der Waals surface area contributed by atoms with Crippen LogP contribution in [-0.2, 0) is 22.6 Å².